The molecule has 1 atom stereocenters. The lowest BCUT2D eigenvalue weighted by Gasteiger charge is -2.19. The lowest BCUT2D eigenvalue weighted by atomic mass is 9.93. The number of rotatable bonds is 4. The smallest absolute Gasteiger partial charge is 0.434 e. The number of halogens is 1. The molecule has 0 heterocycles. The number of carbonyl (C=O) groups is 2. The van der Waals surface area contributed by atoms with Crippen LogP contribution in [0.15, 0.2) is 96.0 Å². The van der Waals surface area contributed by atoms with Gasteiger partial charge >= 0.3 is 6.09 Å². The van der Waals surface area contributed by atoms with E-state index in [0.717, 1.165) is 43.6 Å². The third-order valence-corrected chi connectivity index (χ3v) is 6.43. The van der Waals surface area contributed by atoms with Gasteiger partial charge in [-0.3, -0.25) is 9.80 Å². The van der Waals surface area contributed by atoms with Gasteiger partial charge < -0.3 is 4.74 Å². The molecule has 0 aliphatic heterocycles. The monoisotopic (exact) mass is 499 g/mol. The molecular weight excluding hydrogens is 474 g/mol. The number of amides is 2. The van der Waals surface area contributed by atoms with E-state index in [9.17, 15) is 9.59 Å². The molecule has 1 aliphatic rings. The van der Waals surface area contributed by atoms with Gasteiger partial charge in [0.15, 0.2) is 6.10 Å². The fourth-order valence-electron chi connectivity index (χ4n) is 4.61. The van der Waals surface area contributed by atoms with Crippen LogP contribution < -0.4 is 5.84 Å². The maximum atomic E-state index is 13.1. The zero-order chi connectivity index (χ0) is 24.5. The van der Waals surface area contributed by atoms with Gasteiger partial charge in [0.1, 0.15) is 5.71 Å². The van der Waals surface area contributed by atoms with Crippen LogP contribution in [0.4, 0.5) is 4.79 Å². The van der Waals surface area contributed by atoms with Crippen molar-refractivity contribution in [2.45, 2.75) is 18.9 Å². The van der Waals surface area contributed by atoms with Crippen LogP contribution in [0.1, 0.15) is 35.6 Å². The van der Waals surface area contributed by atoms with E-state index in [0.29, 0.717) is 0 Å². The van der Waals surface area contributed by atoms with Crippen LogP contribution >= 0.6 is 12.4 Å². The number of hydrogen-bond donors (Lipinski definition) is 1. The van der Waals surface area contributed by atoms with E-state index in [1.807, 2.05) is 97.9 Å². The Morgan fingerprint density at radius 2 is 1.42 bits per heavy atom. The SMILES string of the molecule is C[C@H](C(=NC(=O)OC1c2ccccc2-c2ccccc21)C(=O)N(C)N)c1ccc2ccccc2c1.Cl. The predicted octanol–water partition coefficient (Wildman–Crippen LogP) is 6.04. The lowest BCUT2D eigenvalue weighted by molar-refractivity contribution is -0.123. The molecule has 2 amide bonds. The molecule has 0 aromatic heterocycles. The summed E-state index contributed by atoms with van der Waals surface area (Å²) in [7, 11) is 1.43. The largest absolute Gasteiger partial charge is 0.435 e. The highest BCUT2D eigenvalue weighted by atomic mass is 35.5. The van der Waals surface area contributed by atoms with Gasteiger partial charge in [-0.15, -0.1) is 12.4 Å². The number of nitrogens with two attached hydrogens (primary N) is 1. The molecule has 0 saturated heterocycles. The van der Waals surface area contributed by atoms with Crippen molar-refractivity contribution in [2.75, 3.05) is 7.05 Å². The summed E-state index contributed by atoms with van der Waals surface area (Å²) in [6.07, 6.45) is -1.43. The first-order chi connectivity index (χ1) is 16.9. The maximum absolute atomic E-state index is 13.1. The van der Waals surface area contributed by atoms with Gasteiger partial charge in [-0.1, -0.05) is 97.9 Å². The lowest BCUT2D eigenvalue weighted by Crippen LogP contribution is -2.40. The molecule has 0 fully saturated rings. The second-order valence-electron chi connectivity index (χ2n) is 8.68. The summed E-state index contributed by atoms with van der Waals surface area (Å²) in [4.78, 5) is 30.2. The number of carbonyl (C=O) groups excluding carboxylic acids is 2. The van der Waals surface area contributed by atoms with Crippen LogP contribution in [0.25, 0.3) is 21.9 Å². The Balaban J connectivity index is 0.00000304. The normalized spacial score (nSPS) is 13.4. The van der Waals surface area contributed by atoms with Gasteiger partial charge in [-0.25, -0.2) is 10.6 Å². The number of aliphatic imine (C=N–C) groups is 1. The Morgan fingerprint density at radius 3 is 2.03 bits per heavy atom. The van der Waals surface area contributed by atoms with E-state index in [2.05, 4.69) is 4.99 Å². The van der Waals surface area contributed by atoms with Crippen molar-refractivity contribution in [3.05, 3.63) is 108 Å². The van der Waals surface area contributed by atoms with Crippen LogP contribution in [-0.2, 0) is 9.53 Å². The molecule has 5 rings (SSSR count). The Hall–Kier alpha value is -4.00. The molecule has 0 radical (unpaired) electrons. The molecule has 1 aliphatic carbocycles. The van der Waals surface area contributed by atoms with E-state index in [4.69, 9.17) is 10.6 Å². The van der Waals surface area contributed by atoms with E-state index in [1.165, 1.54) is 7.05 Å². The highest BCUT2D eigenvalue weighted by molar-refractivity contribution is 6.41. The first-order valence-corrected chi connectivity index (χ1v) is 11.4. The summed E-state index contributed by atoms with van der Waals surface area (Å²) in [6, 6.07) is 29.5. The van der Waals surface area contributed by atoms with Crippen molar-refractivity contribution < 1.29 is 14.3 Å². The van der Waals surface area contributed by atoms with Crippen molar-refractivity contribution in [1.82, 2.24) is 5.01 Å². The fourth-order valence-corrected chi connectivity index (χ4v) is 4.61. The predicted molar refractivity (Wildman–Crippen MR) is 144 cm³/mol. The molecule has 0 unspecified atom stereocenters. The third kappa shape index (κ3) is 4.61. The summed E-state index contributed by atoms with van der Waals surface area (Å²) in [6.45, 7) is 1.83. The van der Waals surface area contributed by atoms with Gasteiger partial charge in [-0.05, 0) is 27.5 Å². The Bertz CT molecular complexity index is 1440. The summed E-state index contributed by atoms with van der Waals surface area (Å²) in [5.41, 5.74) is 4.70. The third-order valence-electron chi connectivity index (χ3n) is 6.43. The second-order valence-corrected chi connectivity index (χ2v) is 8.68. The zero-order valence-electron chi connectivity index (χ0n) is 19.9. The number of hydrazine groups is 1. The minimum absolute atomic E-state index is 0. The molecule has 182 valence electrons. The van der Waals surface area contributed by atoms with Gasteiger partial charge in [-0.2, -0.15) is 4.99 Å². The van der Waals surface area contributed by atoms with Crippen molar-refractivity contribution in [2.24, 2.45) is 10.8 Å². The van der Waals surface area contributed by atoms with Crippen LogP contribution in [0, 0.1) is 0 Å². The molecular formula is C29H26ClN3O3. The van der Waals surface area contributed by atoms with Crippen molar-refractivity contribution >= 4 is 40.9 Å². The molecule has 0 saturated carbocycles. The molecule has 4 aromatic carbocycles. The van der Waals surface area contributed by atoms with Crippen LogP contribution in [0.2, 0.25) is 0 Å². The molecule has 36 heavy (non-hydrogen) atoms. The van der Waals surface area contributed by atoms with Crippen LogP contribution in [0.5, 0.6) is 0 Å². The first-order valence-electron chi connectivity index (χ1n) is 11.4. The highest BCUT2D eigenvalue weighted by Gasteiger charge is 2.32. The Labute approximate surface area is 215 Å². The Morgan fingerprint density at radius 1 is 0.861 bits per heavy atom. The van der Waals surface area contributed by atoms with Crippen molar-refractivity contribution in [1.29, 1.82) is 0 Å². The first kappa shape index (κ1) is 25.1. The number of hydrogen-bond acceptors (Lipinski definition) is 4. The summed E-state index contributed by atoms with van der Waals surface area (Å²) >= 11 is 0. The van der Waals surface area contributed by atoms with Crippen molar-refractivity contribution in [3.8, 4) is 11.1 Å². The number of fused-ring (bicyclic) bond motifs is 4. The van der Waals surface area contributed by atoms with E-state index in [-0.39, 0.29) is 18.1 Å². The number of benzene rings is 4. The zero-order valence-corrected chi connectivity index (χ0v) is 20.7. The summed E-state index contributed by atoms with van der Waals surface area (Å²) < 4.78 is 5.84. The fraction of sp³-hybridized carbons (Fsp3) is 0.138. The second kappa shape index (κ2) is 10.3. The van der Waals surface area contributed by atoms with Gasteiger partial charge in [0.2, 0.25) is 0 Å². The van der Waals surface area contributed by atoms with E-state index < -0.39 is 24.0 Å². The average Bonchev–Trinajstić information content (AvgIpc) is 3.19. The minimum atomic E-state index is -0.834. The topological polar surface area (TPSA) is 85.0 Å². The van der Waals surface area contributed by atoms with Gasteiger partial charge in [0, 0.05) is 24.1 Å². The quantitative estimate of drug-likeness (QED) is 0.160. The molecule has 6 nitrogen and oxygen atoms in total. The van der Waals surface area contributed by atoms with Gasteiger partial charge in [0.05, 0.1) is 0 Å². The Kier molecular flexibility index (Phi) is 7.20. The van der Waals surface area contributed by atoms with Gasteiger partial charge in [0.25, 0.3) is 5.91 Å². The summed E-state index contributed by atoms with van der Waals surface area (Å²) in [5.74, 6) is 4.74. The van der Waals surface area contributed by atoms with E-state index in [1.54, 1.807) is 0 Å². The number of ether oxygens (including phenoxy) is 1. The highest BCUT2D eigenvalue weighted by Crippen LogP contribution is 2.45. The molecule has 0 bridgehead atoms. The molecule has 7 heteroatoms. The van der Waals surface area contributed by atoms with Crippen LogP contribution in [-0.4, -0.2) is 29.8 Å². The maximum Gasteiger partial charge on any atom is 0.434 e. The molecule has 0 spiro atoms. The van der Waals surface area contributed by atoms with E-state index >= 15 is 0 Å². The number of nitrogens with zero attached hydrogens (tertiary/aromatic N) is 2. The average molecular weight is 500 g/mol. The summed E-state index contributed by atoms with van der Waals surface area (Å²) in [5, 5.41) is 3.05. The minimum Gasteiger partial charge on any atom is -0.435 e. The molecule has 2 N–H and O–H groups in total. The van der Waals surface area contributed by atoms with Crippen molar-refractivity contribution in [3.63, 3.8) is 0 Å². The standard InChI is InChI=1S/C29H25N3O3.ClH/c1-18(20-16-15-19-9-3-4-10-21(19)17-20)26(28(33)32(2)30)31-29(34)35-27-24-13-7-5-11-22(24)23-12-6-8-14-25(23)27;/h3-18,27H,30H2,1-2H3;1H/t18-;/m0./s1. The van der Waals surface area contributed by atoms with Crippen LogP contribution in [0.3, 0.4) is 0 Å². The molecule has 4 aromatic rings.